The number of ether oxygens (including phenoxy) is 1. The molecule has 0 amide bonds. The molecule has 0 aromatic heterocycles. The van der Waals surface area contributed by atoms with E-state index in [0.717, 1.165) is 22.3 Å². The van der Waals surface area contributed by atoms with Crippen LogP contribution in [0.1, 0.15) is 43.2 Å². The van der Waals surface area contributed by atoms with E-state index in [0.29, 0.717) is 11.6 Å². The highest BCUT2D eigenvalue weighted by Gasteiger charge is 2.14. The zero-order valence-corrected chi connectivity index (χ0v) is 16.5. The van der Waals surface area contributed by atoms with Gasteiger partial charge < -0.3 is 10.1 Å². The van der Waals surface area contributed by atoms with Crippen LogP contribution in [0.15, 0.2) is 46.9 Å². The molecule has 1 N–H and O–H groups in total. The van der Waals surface area contributed by atoms with Gasteiger partial charge in [-0.15, -0.1) is 12.4 Å². The number of rotatable bonds is 6. The van der Waals surface area contributed by atoms with E-state index in [4.69, 9.17) is 4.74 Å². The summed E-state index contributed by atoms with van der Waals surface area (Å²) in [4.78, 5) is 0. The van der Waals surface area contributed by atoms with Crippen molar-refractivity contribution >= 4 is 28.3 Å². The van der Waals surface area contributed by atoms with Crippen molar-refractivity contribution in [3.8, 4) is 5.75 Å². The summed E-state index contributed by atoms with van der Waals surface area (Å²) in [5.74, 6) is 0.584. The second-order valence-electron chi connectivity index (χ2n) is 6.35. The van der Waals surface area contributed by atoms with Gasteiger partial charge in [-0.25, -0.2) is 4.39 Å². The Morgan fingerprint density at radius 3 is 2.56 bits per heavy atom. The molecule has 136 valence electrons. The fraction of sp³-hybridized carbons (Fsp3) is 0.400. The zero-order chi connectivity index (χ0) is 16.8. The number of hydrogen-bond donors (Lipinski definition) is 1. The summed E-state index contributed by atoms with van der Waals surface area (Å²) in [6, 6.07) is 13.3. The predicted molar refractivity (Wildman–Crippen MR) is 106 cm³/mol. The molecule has 0 radical (unpaired) electrons. The van der Waals surface area contributed by atoms with E-state index in [-0.39, 0.29) is 24.8 Å². The number of nitrogens with one attached hydrogen (secondary N) is 1. The maximum Gasteiger partial charge on any atom is 0.129 e. The largest absolute Gasteiger partial charge is 0.488 e. The first-order chi connectivity index (χ1) is 11.7. The quantitative estimate of drug-likeness (QED) is 0.608. The zero-order valence-electron chi connectivity index (χ0n) is 14.1. The molecule has 0 aliphatic heterocycles. The van der Waals surface area contributed by atoms with Gasteiger partial charge in [0.15, 0.2) is 0 Å². The molecule has 2 nitrogen and oxygen atoms in total. The van der Waals surface area contributed by atoms with Crippen LogP contribution in [0.2, 0.25) is 0 Å². The first-order valence-corrected chi connectivity index (χ1v) is 9.39. The highest BCUT2D eigenvalue weighted by molar-refractivity contribution is 9.10. The maximum atomic E-state index is 13.7. The molecular weight excluding hydrogens is 405 g/mol. The molecule has 1 saturated carbocycles. The molecule has 1 aliphatic carbocycles. The molecule has 0 spiro atoms. The van der Waals surface area contributed by atoms with Crippen LogP contribution in [0.25, 0.3) is 0 Å². The highest BCUT2D eigenvalue weighted by Crippen LogP contribution is 2.25. The van der Waals surface area contributed by atoms with E-state index >= 15 is 0 Å². The average molecular weight is 429 g/mol. The summed E-state index contributed by atoms with van der Waals surface area (Å²) in [7, 11) is 0. The van der Waals surface area contributed by atoms with Crippen molar-refractivity contribution in [3.05, 3.63) is 63.9 Å². The molecule has 0 heterocycles. The van der Waals surface area contributed by atoms with Crippen molar-refractivity contribution in [1.29, 1.82) is 0 Å². The van der Waals surface area contributed by atoms with Crippen LogP contribution >= 0.6 is 28.3 Å². The number of benzene rings is 2. The standard InChI is InChI=1S/C20H23BrFNO.ClH/c21-17-10-11-20(24-14-15-6-4-5-9-19(15)22)16(12-17)13-23-18-7-2-1-3-8-18;/h4-6,9-12,18,23H,1-3,7-8,13-14H2;1H. The van der Waals surface area contributed by atoms with Crippen LogP contribution in [-0.4, -0.2) is 6.04 Å². The van der Waals surface area contributed by atoms with Crippen molar-refractivity contribution in [2.24, 2.45) is 0 Å². The van der Waals surface area contributed by atoms with E-state index in [9.17, 15) is 4.39 Å². The van der Waals surface area contributed by atoms with Crippen LogP contribution in [0.4, 0.5) is 4.39 Å². The van der Waals surface area contributed by atoms with Gasteiger partial charge in [0.25, 0.3) is 0 Å². The second kappa shape index (κ2) is 10.1. The lowest BCUT2D eigenvalue weighted by molar-refractivity contribution is 0.294. The molecular formula is C20H24BrClFNO. The fourth-order valence-electron chi connectivity index (χ4n) is 3.16. The molecule has 5 heteroatoms. The molecule has 1 fully saturated rings. The van der Waals surface area contributed by atoms with Gasteiger partial charge in [-0.2, -0.15) is 0 Å². The van der Waals surface area contributed by atoms with E-state index in [2.05, 4.69) is 27.3 Å². The number of halogens is 3. The topological polar surface area (TPSA) is 21.3 Å². The molecule has 3 rings (SSSR count). The third-order valence-corrected chi connectivity index (χ3v) is 5.04. The van der Waals surface area contributed by atoms with Gasteiger partial charge >= 0.3 is 0 Å². The van der Waals surface area contributed by atoms with Crippen molar-refractivity contribution in [2.75, 3.05) is 0 Å². The van der Waals surface area contributed by atoms with Crippen LogP contribution < -0.4 is 10.1 Å². The molecule has 0 unspecified atom stereocenters. The van der Waals surface area contributed by atoms with Gasteiger partial charge in [-0.05, 0) is 37.1 Å². The summed E-state index contributed by atoms with van der Waals surface area (Å²) < 4.78 is 20.7. The normalized spacial score (nSPS) is 14.8. The molecule has 0 bridgehead atoms. The van der Waals surface area contributed by atoms with Crippen LogP contribution in [0.3, 0.4) is 0 Å². The summed E-state index contributed by atoms with van der Waals surface area (Å²) in [5, 5.41) is 3.64. The van der Waals surface area contributed by atoms with Gasteiger partial charge in [0.2, 0.25) is 0 Å². The molecule has 0 saturated heterocycles. The van der Waals surface area contributed by atoms with Crippen molar-refractivity contribution in [3.63, 3.8) is 0 Å². The van der Waals surface area contributed by atoms with Gasteiger partial charge in [0.05, 0.1) is 0 Å². The monoisotopic (exact) mass is 427 g/mol. The predicted octanol–water partition coefficient (Wildman–Crippen LogP) is 6.01. The second-order valence-corrected chi connectivity index (χ2v) is 7.26. The van der Waals surface area contributed by atoms with Gasteiger partial charge in [-0.3, -0.25) is 0 Å². The Morgan fingerprint density at radius 2 is 1.80 bits per heavy atom. The Labute approximate surface area is 163 Å². The van der Waals surface area contributed by atoms with Crippen molar-refractivity contribution < 1.29 is 9.13 Å². The van der Waals surface area contributed by atoms with E-state index in [1.165, 1.54) is 38.2 Å². The minimum Gasteiger partial charge on any atom is -0.488 e. The Balaban J connectivity index is 0.00000225. The summed E-state index contributed by atoms with van der Waals surface area (Å²) in [6.45, 7) is 1.02. The molecule has 1 aliphatic rings. The molecule has 25 heavy (non-hydrogen) atoms. The van der Waals surface area contributed by atoms with E-state index in [1.54, 1.807) is 12.1 Å². The van der Waals surface area contributed by atoms with E-state index in [1.807, 2.05) is 18.2 Å². The average Bonchev–Trinajstić information content (AvgIpc) is 2.61. The van der Waals surface area contributed by atoms with Crippen molar-refractivity contribution in [1.82, 2.24) is 5.32 Å². The Morgan fingerprint density at radius 1 is 1.04 bits per heavy atom. The lowest BCUT2D eigenvalue weighted by Crippen LogP contribution is -2.30. The lowest BCUT2D eigenvalue weighted by atomic mass is 9.95. The maximum absolute atomic E-state index is 13.7. The van der Waals surface area contributed by atoms with Gasteiger partial charge in [0.1, 0.15) is 18.2 Å². The van der Waals surface area contributed by atoms with E-state index < -0.39 is 0 Å². The minimum atomic E-state index is -0.225. The molecule has 0 atom stereocenters. The van der Waals surface area contributed by atoms with Crippen LogP contribution in [-0.2, 0) is 13.2 Å². The highest BCUT2D eigenvalue weighted by atomic mass is 79.9. The molecule has 2 aromatic carbocycles. The molecule has 2 aromatic rings. The SMILES string of the molecule is Cl.Fc1ccccc1COc1ccc(Br)cc1CNC1CCCCC1. The first kappa shape index (κ1) is 20.2. The lowest BCUT2D eigenvalue weighted by Gasteiger charge is -2.23. The fourth-order valence-corrected chi connectivity index (χ4v) is 3.57. The number of hydrogen-bond acceptors (Lipinski definition) is 2. The van der Waals surface area contributed by atoms with Crippen LogP contribution in [0, 0.1) is 5.82 Å². The first-order valence-electron chi connectivity index (χ1n) is 8.60. The van der Waals surface area contributed by atoms with Gasteiger partial charge in [-0.1, -0.05) is 53.4 Å². The summed E-state index contributed by atoms with van der Waals surface area (Å²) in [5.41, 5.74) is 1.68. The third kappa shape index (κ3) is 5.98. The minimum absolute atomic E-state index is 0. The Hall–Kier alpha value is -1.10. The Kier molecular flexibility index (Phi) is 8.20. The summed E-state index contributed by atoms with van der Waals surface area (Å²) >= 11 is 3.53. The Bertz CT molecular complexity index is 676. The van der Waals surface area contributed by atoms with Crippen LogP contribution in [0.5, 0.6) is 5.75 Å². The van der Waals surface area contributed by atoms with Gasteiger partial charge in [0, 0.05) is 28.2 Å². The van der Waals surface area contributed by atoms with Crippen molar-refractivity contribution in [2.45, 2.75) is 51.3 Å². The smallest absolute Gasteiger partial charge is 0.129 e. The summed E-state index contributed by atoms with van der Waals surface area (Å²) in [6.07, 6.45) is 6.48. The third-order valence-electron chi connectivity index (χ3n) is 4.55.